The molecule has 164 valence electrons. The van der Waals surface area contributed by atoms with Crippen LogP contribution >= 0.6 is 23.1 Å². The topological polar surface area (TPSA) is 71.0 Å². The van der Waals surface area contributed by atoms with Gasteiger partial charge in [0.15, 0.2) is 10.8 Å². The van der Waals surface area contributed by atoms with E-state index in [4.69, 9.17) is 0 Å². The summed E-state index contributed by atoms with van der Waals surface area (Å²) in [5.74, 6) is -0.611. The van der Waals surface area contributed by atoms with Gasteiger partial charge in [0.05, 0.1) is 17.0 Å². The number of thiazole rings is 1. The summed E-state index contributed by atoms with van der Waals surface area (Å²) in [5.41, 5.74) is -0.554. The number of rotatable bonds is 5. The van der Waals surface area contributed by atoms with Gasteiger partial charge in [-0.1, -0.05) is 48.1 Å². The molecule has 0 spiro atoms. The zero-order valence-electron chi connectivity index (χ0n) is 16.5. The van der Waals surface area contributed by atoms with Gasteiger partial charge in [0, 0.05) is 13.1 Å². The van der Waals surface area contributed by atoms with Crippen LogP contribution in [0.5, 0.6) is 0 Å². The van der Waals surface area contributed by atoms with E-state index in [-0.39, 0.29) is 11.4 Å². The van der Waals surface area contributed by atoms with Crippen molar-refractivity contribution in [2.45, 2.75) is 36.9 Å². The molecule has 0 bridgehead atoms. The molecule has 0 atom stereocenters. The number of benzene rings is 1. The third-order valence-electron chi connectivity index (χ3n) is 4.87. The van der Waals surface area contributed by atoms with E-state index >= 15 is 0 Å². The van der Waals surface area contributed by atoms with E-state index in [9.17, 15) is 18.0 Å². The maximum absolute atomic E-state index is 13.1. The summed E-state index contributed by atoms with van der Waals surface area (Å²) in [6.07, 6.45) is 1.55. The molecule has 1 amide bonds. The minimum Gasteiger partial charge on any atom is -0.348 e. The Morgan fingerprint density at radius 1 is 1.13 bits per heavy atom. The fourth-order valence-corrected chi connectivity index (χ4v) is 5.32. The number of hydrogen-bond acceptors (Lipinski definition) is 7. The number of anilines is 2. The molecule has 0 saturated carbocycles. The summed E-state index contributed by atoms with van der Waals surface area (Å²) in [7, 11) is 0. The standard InChI is InChI=1S/C20H20F3N5OS2/c21-20(22,23)13-7-3-4-8-14(13)26-15(29)11-30-18-16-17(24-12-25-18)27-19(31-16)28-9-5-1-2-6-10-28/h3-4,7-8,12H,1-2,5-6,9-11H2,(H,26,29). The quantitative estimate of drug-likeness (QED) is 0.410. The molecule has 1 aliphatic heterocycles. The lowest BCUT2D eigenvalue weighted by Gasteiger charge is -2.18. The number of carbonyl (C=O) groups excluding carboxylic acids is 1. The predicted octanol–water partition coefficient (Wildman–Crippen LogP) is 5.22. The maximum atomic E-state index is 13.1. The molecule has 1 saturated heterocycles. The number of thioether (sulfide) groups is 1. The SMILES string of the molecule is O=C(CSc1ncnc2nc(N3CCCCCC3)sc12)Nc1ccccc1C(F)(F)F. The molecule has 6 nitrogen and oxygen atoms in total. The molecule has 3 aromatic rings. The largest absolute Gasteiger partial charge is 0.418 e. The van der Waals surface area contributed by atoms with Crippen LogP contribution in [-0.2, 0) is 11.0 Å². The average molecular weight is 468 g/mol. The van der Waals surface area contributed by atoms with E-state index < -0.39 is 17.6 Å². The first kappa shape index (κ1) is 21.8. The van der Waals surface area contributed by atoms with Gasteiger partial charge in [-0.15, -0.1) is 0 Å². The second-order valence-corrected chi connectivity index (χ2v) is 9.05. The lowest BCUT2D eigenvalue weighted by Crippen LogP contribution is -2.23. The summed E-state index contributed by atoms with van der Waals surface area (Å²) < 4.78 is 40.2. The van der Waals surface area contributed by atoms with Gasteiger partial charge in [-0.2, -0.15) is 18.2 Å². The number of amides is 1. The Bertz CT molecular complexity index is 1060. The van der Waals surface area contributed by atoms with E-state index in [1.54, 1.807) is 0 Å². The first-order chi connectivity index (χ1) is 14.9. The Balaban J connectivity index is 1.46. The van der Waals surface area contributed by atoms with Crippen LogP contribution in [0.25, 0.3) is 10.3 Å². The highest BCUT2D eigenvalue weighted by Gasteiger charge is 2.33. The Hall–Kier alpha value is -2.40. The first-order valence-electron chi connectivity index (χ1n) is 9.87. The van der Waals surface area contributed by atoms with Gasteiger partial charge in [0.25, 0.3) is 0 Å². The fraction of sp³-hybridized carbons (Fsp3) is 0.400. The van der Waals surface area contributed by atoms with Crippen LogP contribution in [0.3, 0.4) is 0 Å². The summed E-state index contributed by atoms with van der Waals surface area (Å²) in [5, 5.41) is 3.85. The zero-order valence-corrected chi connectivity index (χ0v) is 18.1. The van der Waals surface area contributed by atoms with Crippen LogP contribution in [0.4, 0.5) is 24.0 Å². The van der Waals surface area contributed by atoms with Gasteiger partial charge in [0.1, 0.15) is 16.1 Å². The van der Waals surface area contributed by atoms with Crippen molar-refractivity contribution in [1.29, 1.82) is 0 Å². The Morgan fingerprint density at radius 3 is 2.61 bits per heavy atom. The highest BCUT2D eigenvalue weighted by Crippen LogP contribution is 2.36. The van der Waals surface area contributed by atoms with E-state index in [0.717, 1.165) is 53.6 Å². The number of halogens is 3. The maximum Gasteiger partial charge on any atom is 0.418 e. The van der Waals surface area contributed by atoms with Crippen molar-refractivity contribution < 1.29 is 18.0 Å². The number of nitrogens with one attached hydrogen (secondary N) is 1. The van der Waals surface area contributed by atoms with Crippen LogP contribution in [0.2, 0.25) is 0 Å². The summed E-state index contributed by atoms with van der Waals surface area (Å²) in [4.78, 5) is 27.7. The Labute approximate surface area is 185 Å². The number of carbonyl (C=O) groups is 1. The minimum atomic E-state index is -4.54. The average Bonchev–Trinajstić information content (AvgIpc) is 2.99. The molecule has 3 heterocycles. The van der Waals surface area contributed by atoms with Crippen molar-refractivity contribution in [2.24, 2.45) is 0 Å². The van der Waals surface area contributed by atoms with E-state index in [1.807, 2.05) is 0 Å². The van der Waals surface area contributed by atoms with Crippen molar-refractivity contribution in [2.75, 3.05) is 29.1 Å². The number of para-hydroxylation sites is 1. The van der Waals surface area contributed by atoms with Gasteiger partial charge in [-0.25, -0.2) is 9.97 Å². The molecule has 0 aliphatic carbocycles. The van der Waals surface area contributed by atoms with Gasteiger partial charge >= 0.3 is 6.18 Å². The molecule has 0 radical (unpaired) electrons. The van der Waals surface area contributed by atoms with Crippen LogP contribution in [-0.4, -0.2) is 39.7 Å². The Morgan fingerprint density at radius 2 is 1.87 bits per heavy atom. The molecule has 1 fully saturated rings. The van der Waals surface area contributed by atoms with Crippen LogP contribution < -0.4 is 10.2 Å². The number of hydrogen-bond donors (Lipinski definition) is 1. The predicted molar refractivity (Wildman–Crippen MR) is 117 cm³/mol. The van der Waals surface area contributed by atoms with E-state index in [1.165, 1.54) is 48.7 Å². The molecule has 1 aliphatic rings. The number of alkyl halides is 3. The van der Waals surface area contributed by atoms with Gasteiger partial charge < -0.3 is 10.2 Å². The van der Waals surface area contributed by atoms with Crippen molar-refractivity contribution in [3.8, 4) is 0 Å². The number of aromatic nitrogens is 3. The third-order valence-corrected chi connectivity index (χ3v) is 7.10. The smallest absolute Gasteiger partial charge is 0.348 e. The molecule has 31 heavy (non-hydrogen) atoms. The second-order valence-electron chi connectivity index (χ2n) is 7.11. The highest BCUT2D eigenvalue weighted by atomic mass is 32.2. The highest BCUT2D eigenvalue weighted by molar-refractivity contribution is 8.00. The molecule has 1 aromatic carbocycles. The summed E-state index contributed by atoms with van der Waals surface area (Å²) >= 11 is 2.65. The molecule has 0 unspecified atom stereocenters. The normalized spacial score (nSPS) is 15.1. The lowest BCUT2D eigenvalue weighted by molar-refractivity contribution is -0.137. The molecule has 4 rings (SSSR count). The van der Waals surface area contributed by atoms with E-state index in [0.29, 0.717) is 10.7 Å². The van der Waals surface area contributed by atoms with Crippen molar-refractivity contribution in [3.63, 3.8) is 0 Å². The fourth-order valence-electron chi connectivity index (χ4n) is 3.38. The lowest BCUT2D eigenvalue weighted by atomic mass is 10.1. The zero-order chi connectivity index (χ0) is 21.8. The summed E-state index contributed by atoms with van der Waals surface area (Å²) in [6.45, 7) is 1.91. The first-order valence-corrected chi connectivity index (χ1v) is 11.7. The van der Waals surface area contributed by atoms with Gasteiger partial charge in [0.2, 0.25) is 5.91 Å². The summed E-state index contributed by atoms with van der Waals surface area (Å²) in [6, 6.07) is 4.92. The number of nitrogens with zero attached hydrogens (tertiary/aromatic N) is 4. The molecular weight excluding hydrogens is 447 g/mol. The van der Waals surface area contributed by atoms with Gasteiger partial charge in [-0.3, -0.25) is 4.79 Å². The molecule has 11 heteroatoms. The van der Waals surface area contributed by atoms with E-state index in [2.05, 4.69) is 25.2 Å². The monoisotopic (exact) mass is 467 g/mol. The van der Waals surface area contributed by atoms with Gasteiger partial charge in [-0.05, 0) is 25.0 Å². The van der Waals surface area contributed by atoms with Crippen molar-refractivity contribution in [3.05, 3.63) is 36.2 Å². The van der Waals surface area contributed by atoms with Crippen molar-refractivity contribution >= 4 is 50.2 Å². The second kappa shape index (κ2) is 9.39. The minimum absolute atomic E-state index is 0.0742. The third kappa shape index (κ3) is 5.27. The van der Waals surface area contributed by atoms with Crippen molar-refractivity contribution in [1.82, 2.24) is 15.0 Å². The molecule has 2 aromatic heterocycles. The number of fused-ring (bicyclic) bond motifs is 1. The Kier molecular flexibility index (Phi) is 6.61. The van der Waals surface area contributed by atoms with Crippen LogP contribution in [0.1, 0.15) is 31.2 Å². The molecule has 1 N–H and O–H groups in total. The molecular formula is C20H20F3N5OS2. The van der Waals surface area contributed by atoms with Crippen LogP contribution in [0, 0.1) is 0 Å². The van der Waals surface area contributed by atoms with Crippen LogP contribution in [0.15, 0.2) is 35.6 Å².